The number of para-hydroxylation sites is 1. The molecule has 184 valence electrons. The molecule has 8 heteroatoms. The minimum atomic E-state index is -0.716. The molecule has 0 saturated carbocycles. The van der Waals surface area contributed by atoms with Crippen LogP contribution < -0.4 is 15.4 Å². The molecule has 3 aromatic carbocycles. The molecule has 1 saturated heterocycles. The Morgan fingerprint density at radius 3 is 2.50 bits per heavy atom. The van der Waals surface area contributed by atoms with Gasteiger partial charge in [-0.1, -0.05) is 30.3 Å². The van der Waals surface area contributed by atoms with Crippen LogP contribution in [0.5, 0.6) is 5.75 Å². The monoisotopic (exact) mass is 484 g/mol. The maximum Gasteiger partial charge on any atom is 0.325 e. The number of nitrogens with one attached hydrogen (secondary N) is 2. The summed E-state index contributed by atoms with van der Waals surface area (Å²) < 4.78 is 7.40. The van der Waals surface area contributed by atoms with Gasteiger partial charge in [-0.2, -0.15) is 0 Å². The largest absolute Gasteiger partial charge is 0.497 e. The maximum absolute atomic E-state index is 12.8. The number of urea groups is 1. The third-order valence-corrected chi connectivity index (χ3v) is 6.64. The van der Waals surface area contributed by atoms with Crippen molar-refractivity contribution in [1.82, 2.24) is 14.8 Å². The lowest BCUT2D eigenvalue weighted by Gasteiger charge is -2.13. The highest BCUT2D eigenvalue weighted by atomic mass is 16.5. The van der Waals surface area contributed by atoms with Crippen molar-refractivity contribution >= 4 is 45.3 Å². The quantitative estimate of drug-likeness (QED) is 0.356. The van der Waals surface area contributed by atoms with Crippen molar-refractivity contribution in [3.8, 4) is 5.75 Å². The molecule has 0 radical (unpaired) electrons. The van der Waals surface area contributed by atoms with Gasteiger partial charge in [-0.05, 0) is 55.3 Å². The van der Waals surface area contributed by atoms with Crippen LogP contribution in [0.3, 0.4) is 0 Å². The number of ether oxygens (including phenoxy) is 1. The van der Waals surface area contributed by atoms with E-state index < -0.39 is 12.1 Å². The molecule has 1 fully saturated rings. The van der Waals surface area contributed by atoms with E-state index in [9.17, 15) is 14.4 Å². The van der Waals surface area contributed by atoms with Gasteiger partial charge in [-0.25, -0.2) is 4.79 Å². The van der Waals surface area contributed by atoms with Gasteiger partial charge in [0.1, 0.15) is 11.8 Å². The number of hydrogen-bond donors (Lipinski definition) is 2. The number of rotatable bonds is 8. The van der Waals surface area contributed by atoms with Crippen molar-refractivity contribution in [1.29, 1.82) is 0 Å². The summed E-state index contributed by atoms with van der Waals surface area (Å²) >= 11 is 0. The predicted octanol–water partition coefficient (Wildman–Crippen LogP) is 4.66. The smallest absolute Gasteiger partial charge is 0.325 e. The number of aryl methyl sites for hydroxylation is 1. The summed E-state index contributed by atoms with van der Waals surface area (Å²) in [5.41, 5.74) is 3.80. The fourth-order valence-corrected chi connectivity index (χ4v) is 4.81. The van der Waals surface area contributed by atoms with Gasteiger partial charge in [-0.3, -0.25) is 14.5 Å². The van der Waals surface area contributed by atoms with E-state index in [0.29, 0.717) is 11.4 Å². The second-order valence-electron chi connectivity index (χ2n) is 8.85. The van der Waals surface area contributed by atoms with Crippen LogP contribution in [-0.2, 0) is 22.7 Å². The average Bonchev–Trinajstić information content (AvgIpc) is 3.36. The van der Waals surface area contributed by atoms with Crippen LogP contribution in [0.2, 0.25) is 0 Å². The van der Waals surface area contributed by atoms with Crippen LogP contribution in [0.1, 0.15) is 25.3 Å². The molecular formula is C28H28N4O4. The van der Waals surface area contributed by atoms with Gasteiger partial charge in [0, 0.05) is 40.5 Å². The summed E-state index contributed by atoms with van der Waals surface area (Å²) in [6.07, 6.45) is 0.342. The van der Waals surface area contributed by atoms with Gasteiger partial charge >= 0.3 is 6.03 Å². The lowest BCUT2D eigenvalue weighted by Crippen LogP contribution is -2.31. The van der Waals surface area contributed by atoms with E-state index in [4.69, 9.17) is 4.74 Å². The van der Waals surface area contributed by atoms with E-state index in [1.807, 2.05) is 42.5 Å². The molecule has 8 nitrogen and oxygen atoms in total. The molecule has 2 N–H and O–H groups in total. The molecule has 36 heavy (non-hydrogen) atoms. The molecule has 0 spiro atoms. The Morgan fingerprint density at radius 2 is 1.75 bits per heavy atom. The van der Waals surface area contributed by atoms with E-state index in [2.05, 4.69) is 34.3 Å². The first-order valence-corrected chi connectivity index (χ1v) is 12.0. The van der Waals surface area contributed by atoms with Crippen LogP contribution in [0, 0.1) is 0 Å². The number of carbonyl (C=O) groups is 3. The Labute approximate surface area is 208 Å². The zero-order valence-corrected chi connectivity index (χ0v) is 20.3. The molecule has 1 atom stereocenters. The Bertz CT molecular complexity index is 1460. The zero-order chi connectivity index (χ0) is 25.2. The predicted molar refractivity (Wildman–Crippen MR) is 139 cm³/mol. The van der Waals surface area contributed by atoms with E-state index >= 15 is 0 Å². The Morgan fingerprint density at radius 1 is 1.00 bits per heavy atom. The average molecular weight is 485 g/mol. The van der Waals surface area contributed by atoms with Gasteiger partial charge in [0.05, 0.1) is 13.7 Å². The summed E-state index contributed by atoms with van der Waals surface area (Å²) in [5.74, 6) is 0.178. The molecule has 4 amide bonds. The molecule has 1 aliphatic rings. The number of imide groups is 1. The van der Waals surface area contributed by atoms with Crippen LogP contribution in [0.25, 0.3) is 21.8 Å². The second-order valence-corrected chi connectivity index (χ2v) is 8.85. The van der Waals surface area contributed by atoms with Crippen molar-refractivity contribution in [3.63, 3.8) is 0 Å². The first-order valence-electron chi connectivity index (χ1n) is 12.0. The van der Waals surface area contributed by atoms with Crippen molar-refractivity contribution in [2.45, 2.75) is 38.9 Å². The number of nitrogens with zero attached hydrogens (tertiary/aromatic N) is 2. The van der Waals surface area contributed by atoms with Gasteiger partial charge in [-0.15, -0.1) is 0 Å². The summed E-state index contributed by atoms with van der Waals surface area (Å²) in [7, 11) is 1.58. The molecule has 0 aliphatic carbocycles. The van der Waals surface area contributed by atoms with Gasteiger partial charge in [0.15, 0.2) is 0 Å². The molecule has 1 aromatic heterocycles. The summed E-state index contributed by atoms with van der Waals surface area (Å²) in [5, 5.41) is 7.86. The SMILES string of the molecule is CCn1c2ccccc2c2cc(NC(=O)CC[C@@H]3NC(=O)N(Cc4ccc(OC)cc4)C3=O)ccc21. The summed E-state index contributed by atoms with van der Waals surface area (Å²) in [6, 6.07) is 20.2. The third-order valence-electron chi connectivity index (χ3n) is 6.64. The van der Waals surface area contributed by atoms with E-state index in [-0.39, 0.29) is 31.2 Å². The number of hydrogen-bond acceptors (Lipinski definition) is 4. The van der Waals surface area contributed by atoms with Crippen LogP contribution in [0.15, 0.2) is 66.7 Å². The van der Waals surface area contributed by atoms with E-state index in [0.717, 1.165) is 33.9 Å². The number of benzene rings is 3. The highest BCUT2D eigenvalue weighted by molar-refractivity contribution is 6.10. The normalized spacial score (nSPS) is 15.5. The molecule has 0 bridgehead atoms. The topological polar surface area (TPSA) is 92.7 Å². The molecule has 0 unspecified atom stereocenters. The standard InChI is InChI=1S/C28H28N4O4/c1-3-31-24-7-5-4-6-21(24)22-16-19(10-14-25(22)31)29-26(33)15-13-23-27(34)32(28(35)30-23)17-18-8-11-20(36-2)12-9-18/h4-12,14,16,23H,3,13,15,17H2,1-2H3,(H,29,33)(H,30,35)/t23-/m0/s1. The third kappa shape index (κ3) is 4.37. The number of carbonyl (C=O) groups excluding carboxylic acids is 3. The fraction of sp³-hybridized carbons (Fsp3) is 0.250. The maximum atomic E-state index is 12.8. The van der Waals surface area contributed by atoms with Crippen LogP contribution >= 0.6 is 0 Å². The molecule has 4 aromatic rings. The molecular weight excluding hydrogens is 456 g/mol. The lowest BCUT2D eigenvalue weighted by molar-refractivity contribution is -0.128. The number of amides is 4. The summed E-state index contributed by atoms with van der Waals surface area (Å²) in [6.45, 7) is 3.14. The number of methoxy groups -OCH3 is 1. The van der Waals surface area contributed by atoms with Crippen molar-refractivity contribution in [2.24, 2.45) is 0 Å². The van der Waals surface area contributed by atoms with Gasteiger partial charge in [0.25, 0.3) is 5.91 Å². The molecule has 2 heterocycles. The zero-order valence-electron chi connectivity index (χ0n) is 20.3. The van der Waals surface area contributed by atoms with Crippen molar-refractivity contribution < 1.29 is 19.1 Å². The van der Waals surface area contributed by atoms with Crippen LogP contribution in [0.4, 0.5) is 10.5 Å². The highest BCUT2D eigenvalue weighted by Crippen LogP contribution is 2.31. The first kappa shape index (κ1) is 23.4. The fourth-order valence-electron chi connectivity index (χ4n) is 4.81. The van der Waals surface area contributed by atoms with Crippen molar-refractivity contribution in [2.75, 3.05) is 12.4 Å². The first-order chi connectivity index (χ1) is 17.5. The molecule has 5 rings (SSSR count). The van der Waals surface area contributed by atoms with Gasteiger partial charge in [0.2, 0.25) is 5.91 Å². The van der Waals surface area contributed by atoms with Gasteiger partial charge < -0.3 is 19.9 Å². The number of anilines is 1. The summed E-state index contributed by atoms with van der Waals surface area (Å²) in [4.78, 5) is 39.1. The Kier molecular flexibility index (Phi) is 6.33. The minimum Gasteiger partial charge on any atom is -0.497 e. The molecule has 1 aliphatic heterocycles. The van der Waals surface area contributed by atoms with E-state index in [1.54, 1.807) is 19.2 Å². The lowest BCUT2D eigenvalue weighted by atomic mass is 10.1. The van der Waals surface area contributed by atoms with E-state index in [1.165, 1.54) is 4.90 Å². The second kappa shape index (κ2) is 9.73. The Hall–Kier alpha value is -4.33. The number of aromatic nitrogens is 1. The minimum absolute atomic E-state index is 0.113. The Balaban J connectivity index is 1.22. The highest BCUT2D eigenvalue weighted by Gasteiger charge is 2.37. The van der Waals surface area contributed by atoms with Crippen molar-refractivity contribution in [3.05, 3.63) is 72.3 Å². The van der Waals surface area contributed by atoms with Crippen LogP contribution in [-0.4, -0.2) is 40.5 Å². The number of fused-ring (bicyclic) bond motifs is 3.